The molecule has 0 saturated heterocycles. The number of amides is 2. The molecule has 0 bridgehead atoms. The standard InChI is InChI=1S/C18H19NO5/c1-2-23-15(12-7-3-4-8-12)11-16(20)24-19-17(21)13-9-5-6-10-14(13)18(19)22/h5-7,9-10,15H,2-4,8,11H2,1H3. The summed E-state index contributed by atoms with van der Waals surface area (Å²) in [5.41, 5.74) is 1.57. The molecule has 0 fully saturated rings. The lowest BCUT2D eigenvalue weighted by atomic mass is 10.1. The number of imide groups is 1. The van der Waals surface area contributed by atoms with Crippen molar-refractivity contribution >= 4 is 17.8 Å². The summed E-state index contributed by atoms with van der Waals surface area (Å²) in [6, 6.07) is 6.39. The van der Waals surface area contributed by atoms with E-state index in [4.69, 9.17) is 9.57 Å². The van der Waals surface area contributed by atoms with Crippen LogP contribution in [0.5, 0.6) is 0 Å². The quantitative estimate of drug-likeness (QED) is 0.592. The normalized spacial score (nSPS) is 17.7. The van der Waals surface area contributed by atoms with Crippen molar-refractivity contribution in [1.29, 1.82) is 0 Å². The highest BCUT2D eigenvalue weighted by molar-refractivity contribution is 6.20. The van der Waals surface area contributed by atoms with Crippen molar-refractivity contribution in [2.75, 3.05) is 6.61 Å². The average Bonchev–Trinajstić information content (AvgIpc) is 3.19. The highest BCUT2D eigenvalue weighted by Crippen LogP contribution is 2.26. The van der Waals surface area contributed by atoms with Gasteiger partial charge in [0.15, 0.2) is 0 Å². The first-order valence-corrected chi connectivity index (χ1v) is 8.11. The van der Waals surface area contributed by atoms with Crippen molar-refractivity contribution in [3.8, 4) is 0 Å². The number of allylic oxidation sites excluding steroid dienone is 1. The maximum atomic E-state index is 12.2. The van der Waals surface area contributed by atoms with Gasteiger partial charge in [-0.2, -0.15) is 0 Å². The molecule has 0 radical (unpaired) electrons. The van der Waals surface area contributed by atoms with Gasteiger partial charge in [-0.25, -0.2) is 4.79 Å². The van der Waals surface area contributed by atoms with Crippen molar-refractivity contribution in [3.63, 3.8) is 0 Å². The molecule has 6 nitrogen and oxygen atoms in total. The molecule has 0 N–H and O–H groups in total. The minimum atomic E-state index is -0.657. The number of fused-ring (bicyclic) bond motifs is 1. The van der Waals surface area contributed by atoms with E-state index in [0.29, 0.717) is 11.7 Å². The molecule has 1 unspecified atom stereocenters. The molecule has 3 rings (SSSR count). The lowest BCUT2D eigenvalue weighted by Crippen LogP contribution is -2.34. The molecule has 6 heteroatoms. The van der Waals surface area contributed by atoms with Crippen LogP contribution in [0, 0.1) is 0 Å². The summed E-state index contributed by atoms with van der Waals surface area (Å²) in [5.74, 6) is -1.88. The van der Waals surface area contributed by atoms with Gasteiger partial charge >= 0.3 is 5.97 Å². The molecule has 1 atom stereocenters. The molecule has 24 heavy (non-hydrogen) atoms. The topological polar surface area (TPSA) is 72.9 Å². The van der Waals surface area contributed by atoms with Crippen LogP contribution < -0.4 is 0 Å². The number of benzene rings is 1. The van der Waals surface area contributed by atoms with E-state index in [1.165, 1.54) is 12.1 Å². The molecule has 0 spiro atoms. The van der Waals surface area contributed by atoms with Crippen molar-refractivity contribution in [2.24, 2.45) is 0 Å². The SMILES string of the molecule is CCOC(CC(=O)ON1C(=O)c2ccccc2C1=O)C1=CCCC1. The van der Waals surface area contributed by atoms with Gasteiger partial charge in [-0.15, -0.1) is 0 Å². The van der Waals surface area contributed by atoms with Crippen LogP contribution in [0.2, 0.25) is 0 Å². The van der Waals surface area contributed by atoms with E-state index in [2.05, 4.69) is 6.08 Å². The largest absolute Gasteiger partial charge is 0.374 e. The lowest BCUT2D eigenvalue weighted by molar-refractivity contribution is -0.171. The van der Waals surface area contributed by atoms with Crippen molar-refractivity contribution in [2.45, 2.75) is 38.7 Å². The maximum absolute atomic E-state index is 12.2. The molecule has 1 aromatic rings. The fourth-order valence-electron chi connectivity index (χ4n) is 3.03. The summed E-state index contributed by atoms with van der Waals surface area (Å²) in [5, 5.41) is 0.541. The number of rotatable bonds is 6. The number of nitrogens with zero attached hydrogens (tertiary/aromatic N) is 1. The van der Waals surface area contributed by atoms with Gasteiger partial charge in [0.25, 0.3) is 11.8 Å². The minimum Gasteiger partial charge on any atom is -0.374 e. The number of carbonyl (C=O) groups is 3. The third-order valence-corrected chi connectivity index (χ3v) is 4.16. The zero-order chi connectivity index (χ0) is 17.1. The van der Waals surface area contributed by atoms with E-state index in [1.807, 2.05) is 6.92 Å². The van der Waals surface area contributed by atoms with Crippen LogP contribution in [-0.2, 0) is 14.4 Å². The second kappa shape index (κ2) is 6.97. The molecule has 0 saturated carbocycles. The zero-order valence-corrected chi connectivity index (χ0v) is 13.5. The van der Waals surface area contributed by atoms with Gasteiger partial charge in [-0.05, 0) is 43.9 Å². The predicted molar refractivity (Wildman–Crippen MR) is 85.0 cm³/mol. The van der Waals surface area contributed by atoms with E-state index < -0.39 is 17.8 Å². The Labute approximate surface area is 140 Å². The fourth-order valence-corrected chi connectivity index (χ4v) is 3.03. The van der Waals surface area contributed by atoms with E-state index in [1.54, 1.807) is 12.1 Å². The Kier molecular flexibility index (Phi) is 4.76. The van der Waals surface area contributed by atoms with Crippen LogP contribution in [0.15, 0.2) is 35.9 Å². The summed E-state index contributed by atoms with van der Waals surface area (Å²) in [7, 11) is 0. The van der Waals surface area contributed by atoms with Gasteiger partial charge in [-0.1, -0.05) is 23.3 Å². The Morgan fingerprint density at radius 2 is 1.88 bits per heavy atom. The molecular formula is C18H19NO5. The smallest absolute Gasteiger partial charge is 0.336 e. The van der Waals surface area contributed by atoms with Gasteiger partial charge in [-0.3, -0.25) is 9.59 Å². The number of hydroxylamine groups is 2. The molecule has 2 amide bonds. The molecule has 2 aliphatic rings. The second-order valence-electron chi connectivity index (χ2n) is 5.73. The second-order valence-corrected chi connectivity index (χ2v) is 5.73. The van der Waals surface area contributed by atoms with Crippen LogP contribution in [0.1, 0.15) is 53.3 Å². The Morgan fingerprint density at radius 3 is 2.42 bits per heavy atom. The van der Waals surface area contributed by atoms with Crippen molar-refractivity contribution < 1.29 is 24.0 Å². The van der Waals surface area contributed by atoms with Crippen molar-refractivity contribution in [1.82, 2.24) is 5.06 Å². The zero-order valence-electron chi connectivity index (χ0n) is 13.5. The highest BCUT2D eigenvalue weighted by atomic mass is 16.7. The molecule has 1 aliphatic heterocycles. The molecule has 126 valence electrons. The molecular weight excluding hydrogens is 310 g/mol. The monoisotopic (exact) mass is 329 g/mol. The fraction of sp³-hybridized carbons (Fsp3) is 0.389. The van der Waals surface area contributed by atoms with Crippen LogP contribution in [0.3, 0.4) is 0 Å². The molecule has 0 aromatic heterocycles. The molecule has 1 heterocycles. The lowest BCUT2D eigenvalue weighted by Gasteiger charge is -2.19. The van der Waals surface area contributed by atoms with E-state index in [0.717, 1.165) is 24.8 Å². The highest BCUT2D eigenvalue weighted by Gasteiger charge is 2.39. The number of hydrogen-bond acceptors (Lipinski definition) is 5. The Hall–Kier alpha value is -2.47. The Balaban J connectivity index is 1.67. The van der Waals surface area contributed by atoms with Gasteiger partial charge in [0.1, 0.15) is 0 Å². The third kappa shape index (κ3) is 3.10. The number of ether oxygens (including phenoxy) is 1. The summed E-state index contributed by atoms with van der Waals surface area (Å²) in [6.07, 6.45) is 4.62. The number of hydrogen-bond donors (Lipinski definition) is 0. The predicted octanol–water partition coefficient (Wildman–Crippen LogP) is 2.65. The average molecular weight is 329 g/mol. The van der Waals surface area contributed by atoms with E-state index >= 15 is 0 Å². The van der Waals surface area contributed by atoms with E-state index in [-0.39, 0.29) is 23.7 Å². The molecule has 1 aromatic carbocycles. The van der Waals surface area contributed by atoms with E-state index in [9.17, 15) is 14.4 Å². The summed E-state index contributed by atoms with van der Waals surface area (Å²) in [4.78, 5) is 41.6. The van der Waals surface area contributed by atoms with Gasteiger partial charge < -0.3 is 9.57 Å². The van der Waals surface area contributed by atoms with Crippen LogP contribution in [0.4, 0.5) is 0 Å². The first-order chi connectivity index (χ1) is 11.6. The maximum Gasteiger partial charge on any atom is 0.336 e. The van der Waals surface area contributed by atoms with Gasteiger partial charge in [0, 0.05) is 6.61 Å². The Bertz CT molecular complexity index is 674. The summed E-state index contributed by atoms with van der Waals surface area (Å²) >= 11 is 0. The van der Waals surface area contributed by atoms with Gasteiger partial charge in [0.2, 0.25) is 0 Å². The number of carbonyl (C=O) groups excluding carboxylic acids is 3. The van der Waals surface area contributed by atoms with Gasteiger partial charge in [0.05, 0.1) is 23.7 Å². The van der Waals surface area contributed by atoms with Crippen LogP contribution >= 0.6 is 0 Å². The van der Waals surface area contributed by atoms with Crippen molar-refractivity contribution in [3.05, 3.63) is 47.0 Å². The summed E-state index contributed by atoms with van der Waals surface area (Å²) in [6.45, 7) is 2.33. The third-order valence-electron chi connectivity index (χ3n) is 4.16. The van der Waals surface area contributed by atoms with Crippen LogP contribution in [-0.4, -0.2) is 35.6 Å². The summed E-state index contributed by atoms with van der Waals surface area (Å²) < 4.78 is 5.62. The Morgan fingerprint density at radius 1 is 1.21 bits per heavy atom. The minimum absolute atomic E-state index is 0.0208. The van der Waals surface area contributed by atoms with Crippen LogP contribution in [0.25, 0.3) is 0 Å². The molecule has 1 aliphatic carbocycles. The first-order valence-electron chi connectivity index (χ1n) is 8.11. The first kappa shape index (κ1) is 16.4.